The number of aliphatic hydroxyl groups is 1. The van der Waals surface area contributed by atoms with E-state index in [4.69, 9.17) is 4.74 Å². The van der Waals surface area contributed by atoms with E-state index in [0.29, 0.717) is 5.75 Å². The maximum atomic E-state index is 10.5. The normalized spacial score (nSPS) is 12.3. The van der Waals surface area contributed by atoms with Crippen LogP contribution in [0.3, 0.4) is 0 Å². The fourth-order valence-corrected chi connectivity index (χ4v) is 2.44. The summed E-state index contributed by atoms with van der Waals surface area (Å²) >= 11 is 3.50. The van der Waals surface area contributed by atoms with E-state index in [0.717, 1.165) is 26.7 Å². The number of hydrogen-bond acceptors (Lipinski definition) is 2. The monoisotopic (exact) mass is 320 g/mol. The molecule has 19 heavy (non-hydrogen) atoms. The standard InChI is InChI=1S/C16H17BrO2/c1-10-5-4-6-12(7-10)16(18)13-9-14(17)11(2)8-15(13)19-3/h4-9,16,18H,1-3H3. The summed E-state index contributed by atoms with van der Waals surface area (Å²) in [7, 11) is 1.62. The van der Waals surface area contributed by atoms with E-state index in [2.05, 4.69) is 15.9 Å². The summed E-state index contributed by atoms with van der Waals surface area (Å²) < 4.78 is 6.34. The summed E-state index contributed by atoms with van der Waals surface area (Å²) in [6, 6.07) is 11.7. The molecule has 0 saturated heterocycles. The molecule has 2 aromatic rings. The third kappa shape index (κ3) is 2.99. The molecule has 0 bridgehead atoms. The lowest BCUT2D eigenvalue weighted by Gasteiger charge is -2.17. The summed E-state index contributed by atoms with van der Waals surface area (Å²) in [5, 5.41) is 10.5. The number of halogens is 1. The first-order valence-corrected chi connectivity index (χ1v) is 6.91. The number of aryl methyl sites for hydroxylation is 2. The lowest BCUT2D eigenvalue weighted by molar-refractivity contribution is 0.214. The molecule has 3 heteroatoms. The van der Waals surface area contributed by atoms with Gasteiger partial charge in [-0.2, -0.15) is 0 Å². The van der Waals surface area contributed by atoms with Crippen LogP contribution in [0.15, 0.2) is 40.9 Å². The van der Waals surface area contributed by atoms with Crippen LogP contribution in [-0.2, 0) is 0 Å². The molecule has 2 rings (SSSR count). The van der Waals surface area contributed by atoms with E-state index in [1.54, 1.807) is 7.11 Å². The van der Waals surface area contributed by atoms with Gasteiger partial charge in [0, 0.05) is 10.0 Å². The third-order valence-electron chi connectivity index (χ3n) is 3.16. The van der Waals surface area contributed by atoms with Crippen LogP contribution in [0.25, 0.3) is 0 Å². The van der Waals surface area contributed by atoms with Gasteiger partial charge in [-0.15, -0.1) is 0 Å². The molecule has 1 atom stereocenters. The van der Waals surface area contributed by atoms with Gasteiger partial charge in [-0.05, 0) is 37.1 Å². The minimum absolute atomic E-state index is 0.688. The van der Waals surface area contributed by atoms with Crippen LogP contribution in [0.5, 0.6) is 5.75 Å². The van der Waals surface area contributed by atoms with E-state index in [1.165, 1.54) is 0 Å². The second-order valence-electron chi connectivity index (χ2n) is 4.66. The van der Waals surface area contributed by atoms with Crippen molar-refractivity contribution in [3.05, 3.63) is 63.1 Å². The predicted molar refractivity (Wildman–Crippen MR) is 80.7 cm³/mol. The molecule has 100 valence electrons. The topological polar surface area (TPSA) is 29.5 Å². The van der Waals surface area contributed by atoms with Gasteiger partial charge in [0.1, 0.15) is 11.9 Å². The summed E-state index contributed by atoms with van der Waals surface area (Å²) in [5.74, 6) is 0.703. The second-order valence-corrected chi connectivity index (χ2v) is 5.51. The Morgan fingerprint density at radius 3 is 2.53 bits per heavy atom. The molecule has 0 fully saturated rings. The van der Waals surface area contributed by atoms with E-state index < -0.39 is 6.10 Å². The number of benzene rings is 2. The molecule has 0 saturated carbocycles. The van der Waals surface area contributed by atoms with E-state index in [-0.39, 0.29) is 0 Å². The minimum atomic E-state index is -0.688. The number of methoxy groups -OCH3 is 1. The molecule has 0 heterocycles. The molecule has 0 spiro atoms. The van der Waals surface area contributed by atoms with Crippen LogP contribution < -0.4 is 4.74 Å². The van der Waals surface area contributed by atoms with E-state index in [9.17, 15) is 5.11 Å². The van der Waals surface area contributed by atoms with Gasteiger partial charge in [0.05, 0.1) is 7.11 Å². The Morgan fingerprint density at radius 2 is 1.89 bits per heavy atom. The zero-order chi connectivity index (χ0) is 14.0. The maximum absolute atomic E-state index is 10.5. The predicted octanol–water partition coefficient (Wildman–Crippen LogP) is 4.16. The lowest BCUT2D eigenvalue weighted by Crippen LogP contribution is -2.03. The highest BCUT2D eigenvalue weighted by atomic mass is 79.9. The first-order chi connectivity index (χ1) is 9.02. The molecule has 0 aliphatic carbocycles. The van der Waals surface area contributed by atoms with E-state index in [1.807, 2.05) is 50.2 Å². The largest absolute Gasteiger partial charge is 0.496 e. The van der Waals surface area contributed by atoms with E-state index >= 15 is 0 Å². The minimum Gasteiger partial charge on any atom is -0.496 e. The molecule has 0 aliphatic rings. The highest BCUT2D eigenvalue weighted by molar-refractivity contribution is 9.10. The number of hydrogen-bond donors (Lipinski definition) is 1. The molecule has 2 nitrogen and oxygen atoms in total. The van der Waals surface area contributed by atoms with Gasteiger partial charge in [0.15, 0.2) is 0 Å². The number of aliphatic hydroxyl groups excluding tert-OH is 1. The van der Waals surface area contributed by atoms with Crippen molar-refractivity contribution in [2.75, 3.05) is 7.11 Å². The second kappa shape index (κ2) is 5.76. The average Bonchev–Trinajstić information content (AvgIpc) is 2.40. The average molecular weight is 321 g/mol. The zero-order valence-electron chi connectivity index (χ0n) is 11.3. The van der Waals surface area contributed by atoms with Crippen molar-refractivity contribution in [2.45, 2.75) is 20.0 Å². The fraction of sp³-hybridized carbons (Fsp3) is 0.250. The number of ether oxygens (including phenoxy) is 1. The summed E-state index contributed by atoms with van der Waals surface area (Å²) in [4.78, 5) is 0. The summed E-state index contributed by atoms with van der Waals surface area (Å²) in [6.45, 7) is 4.01. The van der Waals surface area contributed by atoms with Crippen LogP contribution >= 0.6 is 15.9 Å². The van der Waals surface area contributed by atoms with Gasteiger partial charge in [-0.25, -0.2) is 0 Å². The van der Waals surface area contributed by atoms with Gasteiger partial charge >= 0.3 is 0 Å². The zero-order valence-corrected chi connectivity index (χ0v) is 12.9. The summed E-state index contributed by atoms with van der Waals surface area (Å²) in [6.07, 6.45) is -0.688. The highest BCUT2D eigenvalue weighted by Crippen LogP contribution is 2.34. The molecular weight excluding hydrogens is 304 g/mol. The van der Waals surface area contributed by atoms with Crippen LogP contribution in [0.1, 0.15) is 28.4 Å². The molecule has 1 unspecified atom stereocenters. The van der Waals surface area contributed by atoms with Crippen molar-refractivity contribution < 1.29 is 9.84 Å². The quantitative estimate of drug-likeness (QED) is 0.920. The Morgan fingerprint density at radius 1 is 1.16 bits per heavy atom. The Kier molecular flexibility index (Phi) is 4.27. The number of rotatable bonds is 3. The Balaban J connectivity index is 2.49. The van der Waals surface area contributed by atoms with Gasteiger partial charge in [-0.3, -0.25) is 0 Å². The van der Waals surface area contributed by atoms with Crippen molar-refractivity contribution in [1.29, 1.82) is 0 Å². The molecular formula is C16H17BrO2. The molecule has 0 aromatic heterocycles. The summed E-state index contributed by atoms with van der Waals surface area (Å²) in [5.41, 5.74) is 3.85. The fourth-order valence-electron chi connectivity index (χ4n) is 2.08. The van der Waals surface area contributed by atoms with Gasteiger partial charge in [0.2, 0.25) is 0 Å². The van der Waals surface area contributed by atoms with Gasteiger partial charge < -0.3 is 9.84 Å². The van der Waals surface area contributed by atoms with Gasteiger partial charge in [-0.1, -0.05) is 45.8 Å². The molecule has 0 amide bonds. The van der Waals surface area contributed by atoms with Crippen molar-refractivity contribution >= 4 is 15.9 Å². The van der Waals surface area contributed by atoms with Crippen molar-refractivity contribution in [1.82, 2.24) is 0 Å². The highest BCUT2D eigenvalue weighted by Gasteiger charge is 2.17. The third-order valence-corrected chi connectivity index (χ3v) is 4.02. The van der Waals surface area contributed by atoms with Crippen molar-refractivity contribution in [3.8, 4) is 5.75 Å². The van der Waals surface area contributed by atoms with Crippen LogP contribution in [-0.4, -0.2) is 12.2 Å². The van der Waals surface area contributed by atoms with Gasteiger partial charge in [0.25, 0.3) is 0 Å². The first-order valence-electron chi connectivity index (χ1n) is 6.11. The van der Waals surface area contributed by atoms with Crippen molar-refractivity contribution in [2.24, 2.45) is 0 Å². The Bertz CT molecular complexity index is 593. The Labute approximate surface area is 122 Å². The SMILES string of the molecule is COc1cc(C)c(Br)cc1C(O)c1cccc(C)c1. The molecule has 2 aromatic carbocycles. The van der Waals surface area contributed by atoms with Crippen LogP contribution in [0.2, 0.25) is 0 Å². The molecule has 1 N–H and O–H groups in total. The Hall–Kier alpha value is -1.32. The maximum Gasteiger partial charge on any atom is 0.125 e. The molecule has 0 radical (unpaired) electrons. The smallest absolute Gasteiger partial charge is 0.125 e. The van der Waals surface area contributed by atoms with Crippen LogP contribution in [0, 0.1) is 13.8 Å². The lowest BCUT2D eigenvalue weighted by atomic mass is 9.98. The van der Waals surface area contributed by atoms with Crippen molar-refractivity contribution in [3.63, 3.8) is 0 Å². The van der Waals surface area contributed by atoms with Crippen LogP contribution in [0.4, 0.5) is 0 Å². The molecule has 0 aliphatic heterocycles. The first kappa shape index (κ1) is 14.1.